The van der Waals surface area contributed by atoms with E-state index in [4.69, 9.17) is 36.5 Å². The van der Waals surface area contributed by atoms with Crippen molar-refractivity contribution < 1.29 is 5.11 Å². The second-order valence-electron chi connectivity index (χ2n) is 2.23. The van der Waals surface area contributed by atoms with Gasteiger partial charge in [0.1, 0.15) is 37.1 Å². The average molecular weight is 133 g/mol. The highest BCUT2D eigenvalue weighted by Crippen LogP contribution is 1.91. The Hall–Kier alpha value is -0.720. The number of hydrogen-bond donors (Lipinski definition) is 1. The first-order valence-electron chi connectivity index (χ1n) is 2.96. The van der Waals surface area contributed by atoms with E-state index in [1.54, 1.807) is 0 Å². The molecule has 0 atom stereocenters. The largest absolute Gasteiger partial charge is 0.509 e. The molecule has 1 N–H and O–H groups in total. The summed E-state index contributed by atoms with van der Waals surface area (Å²) in [5.41, 5.74) is 0.603. The molecule has 0 aliphatic rings. The summed E-state index contributed by atoms with van der Waals surface area (Å²) in [5.74, 6) is -0.211. The zero-order valence-corrected chi connectivity index (χ0v) is 5.83. The van der Waals surface area contributed by atoms with Crippen molar-refractivity contribution in [2.24, 2.45) is 0 Å². The molecule has 0 aromatic heterocycles. The maximum absolute atomic E-state index is 9.13. The molecule has 1 rings (SSSR count). The second-order valence-corrected chi connectivity index (χ2v) is 2.23. The van der Waals surface area contributed by atoms with E-state index in [2.05, 4.69) is 0 Å². The maximum atomic E-state index is 9.13. The van der Waals surface area contributed by atoms with Crippen molar-refractivity contribution in [1.29, 1.82) is 0 Å². The summed E-state index contributed by atoms with van der Waals surface area (Å²) in [6, 6.07) is 1.36. The molecule has 0 aliphatic heterocycles. The van der Waals surface area contributed by atoms with Crippen LogP contribution in [0.1, 0.15) is 0 Å². The Kier molecular flexibility index (Phi) is 2.08. The van der Waals surface area contributed by atoms with Gasteiger partial charge in [-0.15, -0.1) is 10.9 Å². The predicted octanol–water partition coefficient (Wildman–Crippen LogP) is -3.43. The summed E-state index contributed by atoms with van der Waals surface area (Å²) < 4.78 is 0. The van der Waals surface area contributed by atoms with Gasteiger partial charge in [-0.05, 0) is 0 Å². The minimum atomic E-state index is -0.211. The van der Waals surface area contributed by atoms with Crippen molar-refractivity contribution in [2.75, 3.05) is 0 Å². The van der Waals surface area contributed by atoms with E-state index in [1.165, 1.54) is 6.07 Å². The van der Waals surface area contributed by atoms with Crippen molar-refractivity contribution in [3.63, 3.8) is 0 Å². The van der Waals surface area contributed by atoms with Crippen molar-refractivity contribution in [2.45, 2.75) is 0 Å². The fraction of sp³-hybridized carbons (Fsp3) is 0. The van der Waals surface area contributed by atoms with Crippen molar-refractivity contribution in [3.05, 3.63) is 6.07 Å². The summed E-state index contributed by atoms with van der Waals surface area (Å²) >= 11 is 0. The first-order valence-corrected chi connectivity index (χ1v) is 2.96. The highest BCUT2D eigenvalue weighted by molar-refractivity contribution is 6.59. The molecule has 44 valence electrons. The molecule has 0 spiro atoms. The van der Waals surface area contributed by atoms with E-state index in [-0.39, 0.29) is 27.6 Å². The second kappa shape index (κ2) is 2.72. The van der Waals surface area contributed by atoms with E-state index >= 15 is 0 Å². The van der Waals surface area contributed by atoms with E-state index in [0.717, 1.165) is 0 Å². The lowest BCUT2D eigenvalue weighted by molar-refractivity contribution is 0.484. The number of benzene rings is 1. The van der Waals surface area contributed by atoms with Crippen LogP contribution in [-0.4, -0.2) is 36.5 Å². The molecule has 0 fully saturated rings. The van der Waals surface area contributed by atoms with Crippen LogP contribution in [0.3, 0.4) is 0 Å². The Morgan fingerprint density at radius 1 is 0.909 bits per heavy atom. The van der Waals surface area contributed by atoms with Crippen LogP contribution in [0, 0.1) is 0 Å². The molecule has 8 radical (unpaired) electrons. The summed E-state index contributed by atoms with van der Waals surface area (Å²) in [7, 11) is 21.5. The molecule has 1 nitrogen and oxygen atoms in total. The number of aromatic hydroxyl groups is 1. The highest BCUT2D eigenvalue weighted by Gasteiger charge is 2.03. The quantitative estimate of drug-likeness (QED) is 0.365. The van der Waals surface area contributed by atoms with Crippen molar-refractivity contribution in [1.82, 2.24) is 0 Å². The number of hydrogen-bond acceptors (Lipinski definition) is 1. The number of phenolic OH excluding ortho intramolecular Hbond substituents is 1. The van der Waals surface area contributed by atoms with E-state index in [0.29, 0.717) is 0 Å². The Labute approximate surface area is 70.8 Å². The molecule has 1 aromatic rings. The molecule has 5 heteroatoms. The Bertz CT molecular complexity index is 271. The molecule has 0 heterocycles. The Morgan fingerprint density at radius 2 is 1.45 bits per heavy atom. The zero-order chi connectivity index (χ0) is 8.59. The van der Waals surface area contributed by atoms with Crippen molar-refractivity contribution in [3.8, 4) is 5.75 Å². The van der Waals surface area contributed by atoms with Gasteiger partial charge in [-0.3, -0.25) is 0 Å². The van der Waals surface area contributed by atoms with Crippen LogP contribution in [0.2, 0.25) is 0 Å². The van der Waals surface area contributed by atoms with Gasteiger partial charge in [-0.25, -0.2) is 0 Å². The molecule has 11 heavy (non-hydrogen) atoms. The first-order chi connectivity index (χ1) is 5.04. The predicted molar refractivity (Wildman–Crippen MR) is 49.7 cm³/mol. The third-order valence-corrected chi connectivity index (χ3v) is 1.44. The SMILES string of the molecule is [B]c1cc([B])c(O)c([B])c1[B]. The lowest BCUT2D eigenvalue weighted by Crippen LogP contribution is -2.42. The minimum Gasteiger partial charge on any atom is -0.509 e. The van der Waals surface area contributed by atoms with Crippen LogP contribution >= 0.6 is 0 Å². The van der Waals surface area contributed by atoms with Crippen LogP contribution in [0.4, 0.5) is 0 Å². The van der Waals surface area contributed by atoms with Crippen LogP contribution in [0.25, 0.3) is 0 Å². The van der Waals surface area contributed by atoms with Crippen LogP contribution in [-0.2, 0) is 0 Å². The molecule has 0 unspecified atom stereocenters. The van der Waals surface area contributed by atoms with E-state index in [9.17, 15) is 0 Å². The third-order valence-electron chi connectivity index (χ3n) is 1.44. The fourth-order valence-corrected chi connectivity index (χ4v) is 0.752. The van der Waals surface area contributed by atoms with Crippen LogP contribution in [0.5, 0.6) is 5.75 Å². The molecular formula is C6H2B4O. The smallest absolute Gasteiger partial charge is 0.118 e. The molecular weight excluding hydrogens is 131 g/mol. The summed E-state index contributed by atoms with van der Waals surface area (Å²) in [4.78, 5) is 0. The normalized spacial score (nSPS) is 9.82. The van der Waals surface area contributed by atoms with E-state index in [1.807, 2.05) is 0 Å². The van der Waals surface area contributed by atoms with Crippen LogP contribution < -0.4 is 21.9 Å². The number of rotatable bonds is 0. The van der Waals surface area contributed by atoms with Gasteiger partial charge in [-0.2, -0.15) is 0 Å². The van der Waals surface area contributed by atoms with Crippen LogP contribution in [0.15, 0.2) is 6.07 Å². The lowest BCUT2D eigenvalue weighted by Gasteiger charge is -2.10. The zero-order valence-electron chi connectivity index (χ0n) is 5.83. The average Bonchev–Trinajstić information content (AvgIpc) is 1.97. The first kappa shape index (κ1) is 8.38. The molecule has 0 bridgehead atoms. The lowest BCUT2D eigenvalue weighted by atomic mass is 9.69. The van der Waals surface area contributed by atoms with Gasteiger partial charge in [0.2, 0.25) is 0 Å². The molecule has 0 saturated heterocycles. The standard InChI is InChI=1S/C6H2B4O/c7-2-1-3(8)6(11)5(10)4(2)9/h1,11H. The van der Waals surface area contributed by atoms with Gasteiger partial charge in [0.15, 0.2) is 0 Å². The van der Waals surface area contributed by atoms with E-state index < -0.39 is 0 Å². The summed E-state index contributed by atoms with van der Waals surface area (Å²) in [6.45, 7) is 0. The summed E-state index contributed by atoms with van der Waals surface area (Å²) in [6.07, 6.45) is 0. The highest BCUT2D eigenvalue weighted by atomic mass is 16.3. The van der Waals surface area contributed by atoms with Gasteiger partial charge in [0.25, 0.3) is 0 Å². The molecule has 0 amide bonds. The maximum Gasteiger partial charge on any atom is 0.118 e. The molecule has 1 aromatic carbocycles. The number of phenols is 1. The van der Waals surface area contributed by atoms with Crippen molar-refractivity contribution >= 4 is 53.2 Å². The van der Waals surface area contributed by atoms with Gasteiger partial charge >= 0.3 is 0 Å². The Balaban J connectivity index is 3.46. The van der Waals surface area contributed by atoms with Gasteiger partial charge in [0.05, 0.1) is 0 Å². The minimum absolute atomic E-state index is 0.0301. The Morgan fingerprint density at radius 3 is 2.00 bits per heavy atom. The third kappa shape index (κ3) is 1.32. The monoisotopic (exact) mass is 134 g/mol. The van der Waals surface area contributed by atoms with Gasteiger partial charge in [0, 0.05) is 0 Å². The van der Waals surface area contributed by atoms with Gasteiger partial charge in [-0.1, -0.05) is 17.0 Å². The van der Waals surface area contributed by atoms with Gasteiger partial charge < -0.3 is 5.11 Å². The summed E-state index contributed by atoms with van der Waals surface area (Å²) in [5, 5.41) is 9.13. The molecule has 0 aliphatic carbocycles. The molecule has 0 saturated carbocycles. The topological polar surface area (TPSA) is 20.2 Å². The fourth-order valence-electron chi connectivity index (χ4n) is 0.752.